The van der Waals surface area contributed by atoms with Crippen molar-refractivity contribution in [3.63, 3.8) is 0 Å². The van der Waals surface area contributed by atoms with Crippen LogP contribution in [0.15, 0.2) is 36.4 Å². The molecule has 0 saturated heterocycles. The number of aryl methyl sites for hydroxylation is 2. The minimum absolute atomic E-state index is 0.0846. The molecule has 2 aromatic carbocycles. The molecule has 4 heteroatoms. The first-order valence-electron chi connectivity index (χ1n) is 13.1. The van der Waals surface area contributed by atoms with Gasteiger partial charge in [0, 0.05) is 16.5 Å². The van der Waals surface area contributed by atoms with Gasteiger partial charge in [-0.05, 0) is 94.7 Å². The molecule has 0 aliphatic carbocycles. The summed E-state index contributed by atoms with van der Waals surface area (Å²) in [5.74, 6) is 5.94. The molecule has 4 nitrogen and oxygen atoms in total. The van der Waals surface area contributed by atoms with E-state index < -0.39 is 11.1 Å². The number of rotatable bonds is 9. The first-order chi connectivity index (χ1) is 16.8. The zero-order chi connectivity index (χ0) is 27.3. The SMILES string of the molecule is CCC(O)(C#Cc1ccc(C(CC)(CC)c2ccc(C(=O)NC(C)(C)C(C)=O)c(C)c2)cc1C)CC. The van der Waals surface area contributed by atoms with E-state index in [-0.39, 0.29) is 17.1 Å². The van der Waals surface area contributed by atoms with E-state index in [9.17, 15) is 14.7 Å². The standard InChI is InChI=1S/C32H43NO3/c1-10-31(36,11-2)19-18-25-14-15-26(20-22(25)5)32(12-3,13-4)27-16-17-28(23(6)21-27)29(35)33-30(8,9)24(7)34/h14-17,20-21,36H,10-13H2,1-9H3,(H,33,35). The lowest BCUT2D eigenvalue weighted by atomic mass is 9.69. The zero-order valence-corrected chi connectivity index (χ0v) is 23.6. The molecule has 0 saturated carbocycles. The van der Waals surface area contributed by atoms with Crippen LogP contribution < -0.4 is 5.32 Å². The second-order valence-corrected chi connectivity index (χ2v) is 10.5. The molecule has 0 fully saturated rings. The fourth-order valence-corrected chi connectivity index (χ4v) is 4.60. The van der Waals surface area contributed by atoms with Crippen molar-refractivity contribution in [2.24, 2.45) is 0 Å². The van der Waals surface area contributed by atoms with E-state index in [1.54, 1.807) is 13.8 Å². The Hall–Kier alpha value is -2.90. The van der Waals surface area contributed by atoms with Crippen LogP contribution in [0, 0.1) is 25.7 Å². The van der Waals surface area contributed by atoms with Crippen molar-refractivity contribution in [2.45, 2.75) is 105 Å². The fraction of sp³-hybridized carbons (Fsp3) is 0.500. The maximum Gasteiger partial charge on any atom is 0.252 e. The van der Waals surface area contributed by atoms with Crippen LogP contribution in [-0.4, -0.2) is 27.9 Å². The number of ketones is 1. The molecular formula is C32H43NO3. The summed E-state index contributed by atoms with van der Waals surface area (Å²) in [7, 11) is 0. The van der Waals surface area contributed by atoms with E-state index in [0.717, 1.165) is 35.1 Å². The van der Waals surface area contributed by atoms with E-state index in [1.807, 2.05) is 32.9 Å². The average molecular weight is 490 g/mol. The molecular weight excluding hydrogens is 446 g/mol. The summed E-state index contributed by atoms with van der Waals surface area (Å²) >= 11 is 0. The maximum atomic E-state index is 12.9. The van der Waals surface area contributed by atoms with Crippen LogP contribution >= 0.6 is 0 Å². The normalized spacial score (nSPS) is 12.1. The fourth-order valence-electron chi connectivity index (χ4n) is 4.60. The summed E-state index contributed by atoms with van der Waals surface area (Å²) in [6, 6.07) is 12.4. The number of benzene rings is 2. The van der Waals surface area contributed by atoms with Crippen LogP contribution in [0.5, 0.6) is 0 Å². The highest BCUT2D eigenvalue weighted by atomic mass is 16.3. The lowest BCUT2D eigenvalue weighted by molar-refractivity contribution is -0.121. The molecule has 0 aliphatic heterocycles. The highest BCUT2D eigenvalue weighted by molar-refractivity contribution is 5.99. The average Bonchev–Trinajstić information content (AvgIpc) is 2.84. The van der Waals surface area contributed by atoms with Crippen molar-refractivity contribution < 1.29 is 14.7 Å². The Morgan fingerprint density at radius 1 is 0.861 bits per heavy atom. The van der Waals surface area contributed by atoms with Crippen molar-refractivity contribution in [3.05, 3.63) is 69.8 Å². The van der Waals surface area contributed by atoms with Gasteiger partial charge in [-0.2, -0.15) is 0 Å². The van der Waals surface area contributed by atoms with Gasteiger partial charge in [0.15, 0.2) is 5.78 Å². The number of amides is 1. The molecule has 0 heterocycles. The van der Waals surface area contributed by atoms with Gasteiger partial charge in [-0.1, -0.05) is 63.8 Å². The molecule has 0 radical (unpaired) electrons. The van der Waals surface area contributed by atoms with E-state index in [0.29, 0.717) is 18.4 Å². The number of carbonyl (C=O) groups excluding carboxylic acids is 2. The van der Waals surface area contributed by atoms with E-state index in [1.165, 1.54) is 12.5 Å². The van der Waals surface area contributed by atoms with Crippen LogP contribution in [0.25, 0.3) is 0 Å². The van der Waals surface area contributed by atoms with Crippen molar-refractivity contribution in [2.75, 3.05) is 0 Å². The van der Waals surface area contributed by atoms with Gasteiger partial charge in [-0.3, -0.25) is 9.59 Å². The van der Waals surface area contributed by atoms with Gasteiger partial charge in [-0.15, -0.1) is 0 Å². The number of carbonyl (C=O) groups is 2. The van der Waals surface area contributed by atoms with Crippen LogP contribution in [0.2, 0.25) is 0 Å². The number of Topliss-reactive ketones (excluding diaryl/α,β-unsaturated/α-hetero) is 1. The zero-order valence-electron chi connectivity index (χ0n) is 23.6. The topological polar surface area (TPSA) is 66.4 Å². The smallest absolute Gasteiger partial charge is 0.252 e. The third kappa shape index (κ3) is 6.08. The number of nitrogens with one attached hydrogen (secondary N) is 1. The monoisotopic (exact) mass is 489 g/mol. The predicted molar refractivity (Wildman–Crippen MR) is 148 cm³/mol. The van der Waals surface area contributed by atoms with Crippen LogP contribution in [0.3, 0.4) is 0 Å². The summed E-state index contributed by atoms with van der Waals surface area (Å²) in [5.41, 5.74) is 3.78. The molecule has 2 N–H and O–H groups in total. The number of hydrogen-bond acceptors (Lipinski definition) is 3. The Kier molecular flexibility index (Phi) is 9.32. The minimum atomic E-state index is -0.951. The quantitative estimate of drug-likeness (QED) is 0.400. The highest BCUT2D eigenvalue weighted by Crippen LogP contribution is 2.40. The molecule has 1 amide bonds. The lowest BCUT2D eigenvalue weighted by Crippen LogP contribution is -2.48. The molecule has 2 aromatic rings. The predicted octanol–water partition coefficient (Wildman–Crippen LogP) is 6.41. The molecule has 0 unspecified atom stereocenters. The number of aliphatic hydroxyl groups is 1. The lowest BCUT2D eigenvalue weighted by Gasteiger charge is -2.34. The molecule has 0 atom stereocenters. The molecule has 36 heavy (non-hydrogen) atoms. The summed E-state index contributed by atoms with van der Waals surface area (Å²) in [6.45, 7) is 17.2. The Labute approximate surface area is 217 Å². The van der Waals surface area contributed by atoms with Gasteiger partial charge >= 0.3 is 0 Å². The summed E-state index contributed by atoms with van der Waals surface area (Å²) in [6.07, 6.45) is 3.01. The van der Waals surface area contributed by atoms with Gasteiger partial charge in [0.05, 0.1) is 5.54 Å². The van der Waals surface area contributed by atoms with E-state index in [4.69, 9.17) is 0 Å². The first kappa shape index (κ1) is 29.3. The first-order valence-corrected chi connectivity index (χ1v) is 13.1. The summed E-state index contributed by atoms with van der Waals surface area (Å²) in [5, 5.41) is 13.4. The molecule has 0 aromatic heterocycles. The van der Waals surface area contributed by atoms with Gasteiger partial charge in [0.2, 0.25) is 0 Å². The van der Waals surface area contributed by atoms with E-state index >= 15 is 0 Å². The third-order valence-electron chi connectivity index (χ3n) is 7.92. The van der Waals surface area contributed by atoms with Gasteiger partial charge in [0.1, 0.15) is 5.60 Å². The Morgan fingerprint density at radius 3 is 1.83 bits per heavy atom. The maximum absolute atomic E-state index is 12.9. The third-order valence-corrected chi connectivity index (χ3v) is 7.92. The highest BCUT2D eigenvalue weighted by Gasteiger charge is 2.32. The molecule has 0 bridgehead atoms. The summed E-state index contributed by atoms with van der Waals surface area (Å²) < 4.78 is 0. The largest absolute Gasteiger partial charge is 0.378 e. The molecule has 194 valence electrons. The van der Waals surface area contributed by atoms with E-state index in [2.05, 4.69) is 62.2 Å². The second-order valence-electron chi connectivity index (χ2n) is 10.5. The molecule has 2 rings (SSSR count). The molecule has 0 spiro atoms. The van der Waals surface area contributed by atoms with Gasteiger partial charge in [0.25, 0.3) is 5.91 Å². The van der Waals surface area contributed by atoms with Crippen LogP contribution in [0.1, 0.15) is 112 Å². The minimum Gasteiger partial charge on any atom is -0.378 e. The van der Waals surface area contributed by atoms with Crippen molar-refractivity contribution in [3.8, 4) is 11.8 Å². The van der Waals surface area contributed by atoms with Crippen molar-refractivity contribution in [1.29, 1.82) is 0 Å². The Morgan fingerprint density at radius 2 is 1.39 bits per heavy atom. The van der Waals surface area contributed by atoms with Crippen molar-refractivity contribution >= 4 is 11.7 Å². The van der Waals surface area contributed by atoms with Gasteiger partial charge in [-0.25, -0.2) is 0 Å². The van der Waals surface area contributed by atoms with Gasteiger partial charge < -0.3 is 10.4 Å². The Bertz CT molecular complexity index is 1170. The molecule has 0 aliphatic rings. The Balaban J connectivity index is 2.48. The van der Waals surface area contributed by atoms with Crippen molar-refractivity contribution in [1.82, 2.24) is 5.32 Å². The van der Waals surface area contributed by atoms with Crippen LogP contribution in [-0.2, 0) is 10.2 Å². The number of hydrogen-bond donors (Lipinski definition) is 2. The van der Waals surface area contributed by atoms with Crippen LogP contribution in [0.4, 0.5) is 0 Å². The second kappa shape index (κ2) is 11.4. The summed E-state index contributed by atoms with van der Waals surface area (Å²) in [4.78, 5) is 24.8.